The van der Waals surface area contributed by atoms with E-state index in [4.69, 9.17) is 33.7 Å². The molecule has 23 heavy (non-hydrogen) atoms. The number of rotatable bonds is 5. The second-order valence-electron chi connectivity index (χ2n) is 4.53. The Labute approximate surface area is 146 Å². The van der Waals surface area contributed by atoms with E-state index in [1.54, 1.807) is 18.2 Å². The molecule has 0 spiro atoms. The van der Waals surface area contributed by atoms with E-state index in [1.807, 2.05) is 0 Å². The highest BCUT2D eigenvalue weighted by molar-refractivity contribution is 6.99. The summed E-state index contributed by atoms with van der Waals surface area (Å²) in [4.78, 5) is 24.0. The predicted molar refractivity (Wildman–Crippen MR) is 87.8 cm³/mol. The average molecular weight is 375 g/mol. The minimum Gasteiger partial charge on any atom is -0.388 e. The van der Waals surface area contributed by atoms with Crippen molar-refractivity contribution >= 4 is 46.9 Å². The fourth-order valence-corrected chi connectivity index (χ4v) is 2.52. The topological polar surface area (TPSA) is 98.4 Å². The smallest absolute Gasteiger partial charge is 0.388 e. The summed E-state index contributed by atoms with van der Waals surface area (Å²) in [7, 11) is 1.48. The van der Waals surface area contributed by atoms with E-state index in [-0.39, 0.29) is 18.8 Å². The molecule has 0 saturated heterocycles. The summed E-state index contributed by atoms with van der Waals surface area (Å²) < 4.78 is 13.2. The van der Waals surface area contributed by atoms with Crippen molar-refractivity contribution < 1.29 is 14.3 Å². The zero-order valence-corrected chi connectivity index (χ0v) is 14.3. The summed E-state index contributed by atoms with van der Waals surface area (Å²) in [6, 6.07) is 5.03. The van der Waals surface area contributed by atoms with E-state index in [0.717, 1.165) is 11.7 Å². The highest BCUT2D eigenvalue weighted by Crippen LogP contribution is 2.37. The van der Waals surface area contributed by atoms with Crippen LogP contribution >= 0.6 is 34.9 Å². The Kier molecular flexibility index (Phi) is 5.75. The second kappa shape index (κ2) is 7.58. The lowest BCUT2D eigenvalue weighted by atomic mass is 10.1. The van der Waals surface area contributed by atoms with Crippen molar-refractivity contribution in [1.82, 2.24) is 13.6 Å². The van der Waals surface area contributed by atoms with E-state index in [0.29, 0.717) is 21.3 Å². The van der Waals surface area contributed by atoms with Gasteiger partial charge in [-0.1, -0.05) is 35.3 Å². The van der Waals surface area contributed by atoms with Gasteiger partial charge in [-0.3, -0.25) is 4.79 Å². The van der Waals surface area contributed by atoms with Crippen molar-refractivity contribution in [1.29, 1.82) is 0 Å². The molecule has 2 N–H and O–H groups in total. The number of carbonyl (C=O) groups excluding carboxylic acids is 2. The van der Waals surface area contributed by atoms with Crippen molar-refractivity contribution in [3.8, 4) is 17.1 Å². The molecule has 0 radical (unpaired) electrons. The summed E-state index contributed by atoms with van der Waals surface area (Å²) in [5.74, 6) is -0.485. The van der Waals surface area contributed by atoms with Crippen molar-refractivity contribution in [3.05, 3.63) is 28.2 Å². The molecule has 0 aliphatic heterocycles. The quantitative estimate of drug-likeness (QED) is 0.867. The number of nitrogens with two attached hydrogens (primary N) is 1. The maximum atomic E-state index is 12.0. The lowest BCUT2D eigenvalue weighted by Gasteiger charge is -2.15. The first-order valence-corrected chi connectivity index (χ1v) is 7.87. The van der Waals surface area contributed by atoms with Crippen LogP contribution in [0.5, 0.6) is 5.88 Å². The third-order valence-corrected chi connectivity index (χ3v) is 4.19. The predicted octanol–water partition coefficient (Wildman–Crippen LogP) is 2.82. The van der Waals surface area contributed by atoms with Gasteiger partial charge >= 0.3 is 6.09 Å². The normalized spacial score (nSPS) is 10.4. The van der Waals surface area contributed by atoms with Gasteiger partial charge in [0.05, 0.1) is 21.8 Å². The van der Waals surface area contributed by atoms with Crippen LogP contribution in [0, 0.1) is 0 Å². The third-order valence-electron chi connectivity index (χ3n) is 2.85. The molecule has 0 bridgehead atoms. The Morgan fingerprint density at radius 3 is 2.78 bits per heavy atom. The van der Waals surface area contributed by atoms with Crippen LogP contribution in [0.15, 0.2) is 18.2 Å². The van der Waals surface area contributed by atoms with Gasteiger partial charge in [0.1, 0.15) is 5.69 Å². The van der Waals surface area contributed by atoms with Crippen LogP contribution in [0.4, 0.5) is 4.79 Å². The number of nitrogens with zero attached hydrogens (tertiary/aromatic N) is 3. The van der Waals surface area contributed by atoms with Crippen molar-refractivity contribution in [2.24, 2.45) is 5.73 Å². The summed E-state index contributed by atoms with van der Waals surface area (Å²) in [6.45, 7) is 0.138. The molecule has 0 unspecified atom stereocenters. The van der Waals surface area contributed by atoms with Crippen LogP contribution in [0.25, 0.3) is 11.3 Å². The first-order valence-electron chi connectivity index (χ1n) is 6.38. The van der Waals surface area contributed by atoms with Crippen molar-refractivity contribution in [2.75, 3.05) is 13.6 Å². The van der Waals surface area contributed by atoms with Crippen LogP contribution in [-0.2, 0) is 4.79 Å². The summed E-state index contributed by atoms with van der Waals surface area (Å²) in [5, 5.41) is 0.647. The maximum Gasteiger partial charge on any atom is 0.416 e. The van der Waals surface area contributed by atoms with Crippen molar-refractivity contribution in [3.63, 3.8) is 0 Å². The molecule has 0 atom stereocenters. The number of carbonyl (C=O) groups is 2. The molecular formula is C13H12Cl2N4O3S. The Balaban J connectivity index is 2.17. The molecule has 0 fully saturated rings. The van der Waals surface area contributed by atoms with Crippen LogP contribution in [0.1, 0.15) is 6.42 Å². The largest absolute Gasteiger partial charge is 0.416 e. The Hall–Kier alpha value is -1.90. The van der Waals surface area contributed by atoms with Gasteiger partial charge in [-0.2, -0.15) is 4.37 Å². The van der Waals surface area contributed by atoms with E-state index in [9.17, 15) is 9.59 Å². The van der Waals surface area contributed by atoms with Gasteiger partial charge in [0.15, 0.2) is 0 Å². The highest BCUT2D eigenvalue weighted by Gasteiger charge is 2.21. The molecule has 0 aliphatic carbocycles. The number of aromatic nitrogens is 2. The van der Waals surface area contributed by atoms with E-state index < -0.39 is 12.0 Å². The number of hydrogen-bond donors (Lipinski definition) is 1. The lowest BCUT2D eigenvalue weighted by Crippen LogP contribution is -2.32. The molecule has 122 valence electrons. The number of hydrogen-bond acceptors (Lipinski definition) is 6. The molecule has 2 rings (SSSR count). The van der Waals surface area contributed by atoms with Gasteiger partial charge in [0, 0.05) is 25.6 Å². The number of ether oxygens (including phenoxy) is 1. The molecule has 2 amide bonds. The molecule has 1 aromatic heterocycles. The monoisotopic (exact) mass is 374 g/mol. The fourth-order valence-electron chi connectivity index (χ4n) is 1.63. The van der Waals surface area contributed by atoms with E-state index >= 15 is 0 Å². The van der Waals surface area contributed by atoms with Crippen LogP contribution in [0.2, 0.25) is 10.0 Å². The Bertz CT molecular complexity index is 738. The minimum absolute atomic E-state index is 0.0232. The minimum atomic E-state index is -0.682. The van der Waals surface area contributed by atoms with Gasteiger partial charge in [-0.05, 0) is 6.07 Å². The third kappa shape index (κ3) is 4.31. The summed E-state index contributed by atoms with van der Waals surface area (Å²) >= 11 is 13.0. The zero-order chi connectivity index (χ0) is 17.0. The zero-order valence-electron chi connectivity index (χ0n) is 12.0. The Morgan fingerprint density at radius 1 is 1.35 bits per heavy atom. The molecule has 1 heterocycles. The fraction of sp³-hybridized carbons (Fsp3) is 0.231. The second-order valence-corrected chi connectivity index (χ2v) is 5.84. The molecule has 10 heteroatoms. The number of primary amides is 1. The van der Waals surface area contributed by atoms with Crippen LogP contribution < -0.4 is 10.5 Å². The first kappa shape index (κ1) is 17.5. The van der Waals surface area contributed by atoms with Gasteiger partial charge < -0.3 is 15.4 Å². The Morgan fingerprint density at radius 2 is 2.09 bits per heavy atom. The standard InChI is InChI=1S/C13H12Cl2N4O3S/c1-19(6-5-9(16)20)13(21)22-12-11(17-23-18-12)7-3-2-4-8(14)10(7)15/h2-4H,5-6H2,1H3,(H2,16,20). The molecular weight excluding hydrogens is 363 g/mol. The SMILES string of the molecule is CN(CCC(N)=O)C(=O)Oc1nsnc1-c1cccc(Cl)c1Cl. The first-order chi connectivity index (χ1) is 10.9. The van der Waals surface area contributed by atoms with Gasteiger partial charge in [-0.25, -0.2) is 4.79 Å². The number of halogens is 2. The average Bonchev–Trinajstić information content (AvgIpc) is 2.95. The van der Waals surface area contributed by atoms with E-state index in [2.05, 4.69) is 8.75 Å². The van der Waals surface area contributed by atoms with Gasteiger partial charge in [-0.15, -0.1) is 4.37 Å². The van der Waals surface area contributed by atoms with Crippen LogP contribution in [-0.4, -0.2) is 39.2 Å². The summed E-state index contributed by atoms with van der Waals surface area (Å²) in [6.07, 6.45) is -0.646. The van der Waals surface area contributed by atoms with Gasteiger partial charge in [0.2, 0.25) is 5.91 Å². The molecule has 0 aliphatic rings. The van der Waals surface area contributed by atoms with Crippen LogP contribution in [0.3, 0.4) is 0 Å². The number of benzene rings is 1. The molecule has 1 aromatic carbocycles. The van der Waals surface area contributed by atoms with Crippen molar-refractivity contribution in [2.45, 2.75) is 6.42 Å². The molecule has 2 aromatic rings. The molecule has 0 saturated carbocycles. The molecule has 7 nitrogen and oxygen atoms in total. The maximum absolute atomic E-state index is 12.0. The van der Waals surface area contributed by atoms with Gasteiger partial charge in [0.25, 0.3) is 5.88 Å². The lowest BCUT2D eigenvalue weighted by molar-refractivity contribution is -0.118. The van der Waals surface area contributed by atoms with E-state index in [1.165, 1.54) is 11.9 Å². The highest BCUT2D eigenvalue weighted by atomic mass is 35.5. The number of amides is 2. The summed E-state index contributed by atoms with van der Waals surface area (Å²) in [5.41, 5.74) is 5.87.